The lowest BCUT2D eigenvalue weighted by molar-refractivity contribution is 0.201. The molecule has 1 aromatic rings. The Morgan fingerprint density at radius 1 is 1.31 bits per heavy atom. The van der Waals surface area contributed by atoms with Gasteiger partial charge >= 0.3 is 0 Å². The number of hydrogen-bond acceptors (Lipinski definition) is 2. The molecule has 16 heavy (non-hydrogen) atoms. The third-order valence-electron chi connectivity index (χ3n) is 3.97. The number of benzene rings is 1. The van der Waals surface area contributed by atoms with E-state index in [2.05, 4.69) is 13.0 Å². The molecule has 2 unspecified atom stereocenters. The number of hydrogen-bond donors (Lipinski definition) is 1. The van der Waals surface area contributed by atoms with Gasteiger partial charge in [-0.1, -0.05) is 38.0 Å². The van der Waals surface area contributed by atoms with E-state index in [0.29, 0.717) is 5.92 Å². The molecule has 0 aromatic heterocycles. The van der Waals surface area contributed by atoms with Gasteiger partial charge in [-0.2, -0.15) is 0 Å². The summed E-state index contributed by atoms with van der Waals surface area (Å²) in [4.78, 5) is 0. The Morgan fingerprint density at radius 3 is 2.75 bits per heavy atom. The first-order valence-corrected chi connectivity index (χ1v) is 6.11. The van der Waals surface area contributed by atoms with E-state index in [0.717, 1.165) is 12.2 Å². The first-order valence-electron chi connectivity index (χ1n) is 6.11. The summed E-state index contributed by atoms with van der Waals surface area (Å²) >= 11 is 0. The van der Waals surface area contributed by atoms with Crippen molar-refractivity contribution in [3.63, 3.8) is 0 Å². The fraction of sp³-hybridized carbons (Fsp3) is 0.571. The van der Waals surface area contributed by atoms with Gasteiger partial charge in [0.25, 0.3) is 0 Å². The quantitative estimate of drug-likeness (QED) is 0.829. The summed E-state index contributed by atoms with van der Waals surface area (Å²) in [6.07, 6.45) is 4.80. The Bertz CT molecular complexity index is 364. The lowest BCUT2D eigenvalue weighted by Crippen LogP contribution is -2.45. The average Bonchev–Trinajstić information content (AvgIpc) is 2.33. The monoisotopic (exact) mass is 219 g/mol. The second-order valence-electron chi connectivity index (χ2n) is 4.89. The smallest absolute Gasteiger partial charge is 0.123 e. The number of ether oxygens (including phenoxy) is 1. The van der Waals surface area contributed by atoms with Crippen LogP contribution in [0.3, 0.4) is 0 Å². The minimum Gasteiger partial charge on any atom is -0.496 e. The number of para-hydroxylation sites is 1. The molecule has 0 bridgehead atoms. The zero-order valence-corrected chi connectivity index (χ0v) is 10.2. The van der Waals surface area contributed by atoms with Crippen LogP contribution in [0, 0.1) is 5.92 Å². The third-order valence-corrected chi connectivity index (χ3v) is 3.97. The van der Waals surface area contributed by atoms with E-state index in [9.17, 15) is 0 Å². The van der Waals surface area contributed by atoms with Crippen molar-refractivity contribution in [1.82, 2.24) is 0 Å². The molecule has 0 spiro atoms. The number of rotatable bonds is 2. The predicted octanol–water partition coefficient (Wildman–Crippen LogP) is 3.06. The molecule has 0 heterocycles. The van der Waals surface area contributed by atoms with Crippen LogP contribution in [0.2, 0.25) is 0 Å². The summed E-state index contributed by atoms with van der Waals surface area (Å²) in [5, 5.41) is 0. The van der Waals surface area contributed by atoms with Crippen LogP contribution < -0.4 is 10.5 Å². The fourth-order valence-corrected chi connectivity index (χ4v) is 2.80. The van der Waals surface area contributed by atoms with Gasteiger partial charge in [0.1, 0.15) is 5.75 Å². The Kier molecular flexibility index (Phi) is 3.20. The maximum atomic E-state index is 6.62. The highest BCUT2D eigenvalue weighted by molar-refractivity contribution is 5.39. The highest BCUT2D eigenvalue weighted by Crippen LogP contribution is 2.42. The van der Waals surface area contributed by atoms with Gasteiger partial charge in [-0.05, 0) is 24.8 Å². The van der Waals surface area contributed by atoms with E-state index >= 15 is 0 Å². The van der Waals surface area contributed by atoms with E-state index in [-0.39, 0.29) is 5.54 Å². The van der Waals surface area contributed by atoms with E-state index in [1.54, 1.807) is 7.11 Å². The number of methoxy groups -OCH3 is 1. The van der Waals surface area contributed by atoms with Crippen molar-refractivity contribution < 1.29 is 4.74 Å². The molecule has 88 valence electrons. The van der Waals surface area contributed by atoms with E-state index in [4.69, 9.17) is 10.5 Å². The highest BCUT2D eigenvalue weighted by Gasteiger charge is 2.37. The topological polar surface area (TPSA) is 35.2 Å². The Labute approximate surface area is 97.8 Å². The van der Waals surface area contributed by atoms with Gasteiger partial charge in [-0.15, -0.1) is 0 Å². The van der Waals surface area contributed by atoms with E-state index < -0.39 is 0 Å². The van der Waals surface area contributed by atoms with Gasteiger partial charge in [-0.25, -0.2) is 0 Å². The van der Waals surface area contributed by atoms with Crippen LogP contribution in [0.15, 0.2) is 24.3 Å². The molecule has 0 saturated heterocycles. The van der Waals surface area contributed by atoms with Gasteiger partial charge in [0, 0.05) is 11.1 Å². The first-order chi connectivity index (χ1) is 7.68. The Morgan fingerprint density at radius 2 is 2.06 bits per heavy atom. The van der Waals surface area contributed by atoms with Gasteiger partial charge < -0.3 is 10.5 Å². The minimum absolute atomic E-state index is 0.204. The molecule has 2 N–H and O–H groups in total. The summed E-state index contributed by atoms with van der Waals surface area (Å²) in [7, 11) is 1.72. The van der Waals surface area contributed by atoms with Crippen molar-refractivity contribution in [1.29, 1.82) is 0 Å². The van der Waals surface area contributed by atoms with E-state index in [1.807, 2.05) is 18.2 Å². The van der Waals surface area contributed by atoms with Gasteiger partial charge in [-0.3, -0.25) is 0 Å². The molecular formula is C14H21NO. The lowest BCUT2D eigenvalue weighted by Gasteiger charge is -2.40. The van der Waals surface area contributed by atoms with Gasteiger partial charge in [0.15, 0.2) is 0 Å². The van der Waals surface area contributed by atoms with Crippen molar-refractivity contribution in [3.8, 4) is 5.75 Å². The van der Waals surface area contributed by atoms with Crippen LogP contribution in [0.4, 0.5) is 0 Å². The molecule has 1 aromatic carbocycles. The molecule has 1 aliphatic carbocycles. The van der Waals surface area contributed by atoms with Gasteiger partial charge in [0.05, 0.1) is 7.11 Å². The fourth-order valence-electron chi connectivity index (χ4n) is 2.80. The Hall–Kier alpha value is -1.02. The normalized spacial score (nSPS) is 30.1. The van der Waals surface area contributed by atoms with Crippen molar-refractivity contribution in [2.75, 3.05) is 7.11 Å². The summed E-state index contributed by atoms with van der Waals surface area (Å²) in [5.41, 5.74) is 7.59. The van der Waals surface area contributed by atoms with Crippen molar-refractivity contribution in [2.45, 2.75) is 38.1 Å². The molecule has 0 amide bonds. The van der Waals surface area contributed by atoms with Crippen LogP contribution >= 0.6 is 0 Å². The van der Waals surface area contributed by atoms with E-state index in [1.165, 1.54) is 24.8 Å². The SMILES string of the molecule is COc1ccccc1C1(N)CCCCC1C. The van der Waals surface area contributed by atoms with Gasteiger partial charge in [0.2, 0.25) is 0 Å². The largest absolute Gasteiger partial charge is 0.496 e. The zero-order valence-electron chi connectivity index (χ0n) is 10.2. The lowest BCUT2D eigenvalue weighted by atomic mass is 9.70. The van der Waals surface area contributed by atoms with Crippen LogP contribution in [0.25, 0.3) is 0 Å². The second kappa shape index (κ2) is 4.46. The third kappa shape index (κ3) is 1.82. The summed E-state index contributed by atoms with van der Waals surface area (Å²) in [6, 6.07) is 8.17. The molecule has 2 nitrogen and oxygen atoms in total. The van der Waals surface area contributed by atoms with Crippen LogP contribution in [0.1, 0.15) is 38.2 Å². The predicted molar refractivity (Wildman–Crippen MR) is 66.5 cm³/mol. The van der Waals surface area contributed by atoms with Crippen molar-refractivity contribution in [3.05, 3.63) is 29.8 Å². The maximum Gasteiger partial charge on any atom is 0.123 e. The van der Waals surface area contributed by atoms with Crippen molar-refractivity contribution in [2.24, 2.45) is 11.7 Å². The summed E-state index contributed by atoms with van der Waals surface area (Å²) in [5.74, 6) is 1.45. The van der Waals surface area contributed by atoms with Crippen molar-refractivity contribution >= 4 is 0 Å². The summed E-state index contributed by atoms with van der Waals surface area (Å²) < 4.78 is 5.43. The molecule has 2 heteroatoms. The average molecular weight is 219 g/mol. The maximum absolute atomic E-state index is 6.62. The Balaban J connectivity index is 2.40. The molecular weight excluding hydrogens is 198 g/mol. The molecule has 0 radical (unpaired) electrons. The van der Waals surface area contributed by atoms with Crippen LogP contribution in [0.5, 0.6) is 5.75 Å². The van der Waals surface area contributed by atoms with Crippen LogP contribution in [-0.4, -0.2) is 7.11 Å². The molecule has 0 aliphatic heterocycles. The molecule has 1 saturated carbocycles. The standard InChI is InChI=1S/C14H21NO/c1-11-7-5-6-10-14(11,15)12-8-3-4-9-13(12)16-2/h3-4,8-9,11H,5-7,10,15H2,1-2H3. The molecule has 2 rings (SSSR count). The minimum atomic E-state index is -0.204. The molecule has 1 fully saturated rings. The zero-order chi connectivity index (χ0) is 11.6. The molecule has 1 aliphatic rings. The highest BCUT2D eigenvalue weighted by atomic mass is 16.5. The summed E-state index contributed by atoms with van der Waals surface area (Å²) in [6.45, 7) is 2.26. The second-order valence-corrected chi connectivity index (χ2v) is 4.89. The first kappa shape index (κ1) is 11.5. The molecule has 2 atom stereocenters. The van der Waals surface area contributed by atoms with Crippen LogP contribution in [-0.2, 0) is 5.54 Å². The number of nitrogens with two attached hydrogens (primary N) is 1.